The molecule has 0 aliphatic carbocycles. The van der Waals surface area contributed by atoms with Gasteiger partial charge in [0.2, 0.25) is 0 Å². The second kappa shape index (κ2) is 13.8. The average molecular weight is 614 g/mol. The van der Waals surface area contributed by atoms with Crippen LogP contribution in [0.3, 0.4) is 0 Å². The van der Waals surface area contributed by atoms with Gasteiger partial charge in [-0.25, -0.2) is 8.42 Å². The first-order valence-electron chi connectivity index (χ1n) is 15.2. The van der Waals surface area contributed by atoms with Crippen LogP contribution in [0.1, 0.15) is 15.9 Å². The number of carbonyl (C=O) groups is 1. The summed E-state index contributed by atoms with van der Waals surface area (Å²) < 4.78 is 35.3. The summed E-state index contributed by atoms with van der Waals surface area (Å²) in [6.07, 6.45) is 0. The fourth-order valence-corrected chi connectivity index (χ4v) is 7.21. The van der Waals surface area contributed by atoms with Gasteiger partial charge in [0.25, 0.3) is 15.9 Å². The van der Waals surface area contributed by atoms with Crippen LogP contribution in [0, 0.1) is 0 Å². The van der Waals surface area contributed by atoms with E-state index in [-0.39, 0.29) is 10.8 Å². The number of rotatable bonds is 10. The van der Waals surface area contributed by atoms with Crippen LogP contribution in [0.2, 0.25) is 0 Å². The van der Waals surface area contributed by atoms with E-state index in [1.165, 1.54) is 5.56 Å². The van der Waals surface area contributed by atoms with Crippen molar-refractivity contribution in [2.45, 2.75) is 11.4 Å². The third kappa shape index (κ3) is 7.22. The molecule has 0 aromatic heterocycles. The molecule has 2 fully saturated rings. The van der Waals surface area contributed by atoms with Crippen molar-refractivity contribution in [1.29, 1.82) is 0 Å². The summed E-state index contributed by atoms with van der Waals surface area (Å²) in [6, 6.07) is 28.4. The number of morpholine rings is 1. The molecular weight excluding hydrogens is 574 g/mol. The Kier molecular flexibility index (Phi) is 9.42. The van der Waals surface area contributed by atoms with Crippen LogP contribution in [0.5, 0.6) is 0 Å². The molecule has 4 aromatic carbocycles. The Labute approximate surface area is 259 Å². The topological polar surface area (TPSA) is 94.2 Å². The Hall–Kier alpha value is -3.96. The number of benzene rings is 4. The van der Waals surface area contributed by atoms with Crippen LogP contribution in [-0.4, -0.2) is 89.7 Å². The molecule has 0 bridgehead atoms. The molecule has 2 saturated heterocycles. The zero-order chi connectivity index (χ0) is 30.4. The molecule has 2 aliphatic rings. The number of hydrogen-bond acceptors (Lipinski definition) is 7. The van der Waals surface area contributed by atoms with Crippen LogP contribution < -0.4 is 14.9 Å². The summed E-state index contributed by atoms with van der Waals surface area (Å²) >= 11 is 0. The highest BCUT2D eigenvalue weighted by atomic mass is 32.2. The van der Waals surface area contributed by atoms with Gasteiger partial charge in [0.15, 0.2) is 0 Å². The predicted octanol–water partition coefficient (Wildman–Crippen LogP) is 4.02. The van der Waals surface area contributed by atoms with Gasteiger partial charge in [0.1, 0.15) is 0 Å². The molecule has 0 saturated carbocycles. The van der Waals surface area contributed by atoms with Gasteiger partial charge < -0.3 is 15.0 Å². The minimum atomic E-state index is -3.91. The van der Waals surface area contributed by atoms with Gasteiger partial charge in [-0.2, -0.15) is 0 Å². The summed E-state index contributed by atoms with van der Waals surface area (Å²) in [7, 11) is -3.91. The minimum Gasteiger partial charge on any atom is -0.379 e. The molecule has 44 heavy (non-hydrogen) atoms. The highest BCUT2D eigenvalue weighted by molar-refractivity contribution is 7.93. The molecule has 0 unspecified atom stereocenters. The van der Waals surface area contributed by atoms with Crippen molar-refractivity contribution in [3.8, 4) is 0 Å². The minimum absolute atomic E-state index is 0.200. The predicted molar refractivity (Wildman–Crippen MR) is 175 cm³/mol. The number of piperazine rings is 1. The lowest BCUT2D eigenvalue weighted by atomic mass is 10.1. The monoisotopic (exact) mass is 613 g/mol. The number of hydrogen-bond donors (Lipinski definition) is 2. The smallest absolute Gasteiger partial charge is 0.262 e. The van der Waals surface area contributed by atoms with Crippen LogP contribution in [-0.2, 0) is 21.3 Å². The van der Waals surface area contributed by atoms with E-state index in [2.05, 4.69) is 49.0 Å². The molecule has 2 heterocycles. The molecule has 0 atom stereocenters. The number of sulfonamides is 1. The largest absolute Gasteiger partial charge is 0.379 e. The summed E-state index contributed by atoms with van der Waals surface area (Å²) in [5, 5.41) is 4.57. The van der Waals surface area contributed by atoms with Crippen LogP contribution in [0.25, 0.3) is 10.8 Å². The molecule has 4 aromatic rings. The number of fused-ring (bicyclic) bond motifs is 1. The third-order valence-corrected chi connectivity index (χ3v) is 9.75. The van der Waals surface area contributed by atoms with E-state index >= 15 is 0 Å². The van der Waals surface area contributed by atoms with Gasteiger partial charge >= 0.3 is 0 Å². The van der Waals surface area contributed by atoms with Gasteiger partial charge in [-0.3, -0.25) is 19.3 Å². The molecular formula is C34H39N5O4S. The molecule has 10 heteroatoms. The lowest BCUT2D eigenvalue weighted by Gasteiger charge is -2.37. The number of anilines is 2. The Bertz CT molecular complexity index is 1680. The molecule has 2 aliphatic heterocycles. The molecule has 6 rings (SSSR count). The lowest BCUT2D eigenvalue weighted by molar-refractivity contribution is 0.0383. The fourth-order valence-electron chi connectivity index (χ4n) is 5.93. The Morgan fingerprint density at radius 3 is 2.30 bits per heavy atom. The summed E-state index contributed by atoms with van der Waals surface area (Å²) in [5.41, 5.74) is 2.90. The number of carbonyl (C=O) groups excluding carboxylic acids is 1. The van der Waals surface area contributed by atoms with E-state index in [1.807, 2.05) is 36.4 Å². The van der Waals surface area contributed by atoms with Crippen LogP contribution >= 0.6 is 0 Å². The van der Waals surface area contributed by atoms with Gasteiger partial charge in [0, 0.05) is 75.7 Å². The standard InChI is InChI=1S/C34H39N5O4S/c40-34(35-15-16-37-21-23-43-24-22-37)31-25-29(36-44(41,42)33-12-6-10-28-9-4-5-11-30(28)33)13-14-32(31)39-19-17-38(18-20-39)26-27-7-2-1-3-8-27/h1-14,25,36H,15-24,26H2,(H,35,40). The van der Waals surface area contributed by atoms with Gasteiger partial charge in [-0.15, -0.1) is 0 Å². The van der Waals surface area contributed by atoms with Gasteiger partial charge in [-0.05, 0) is 35.2 Å². The first-order chi connectivity index (χ1) is 21.5. The van der Waals surface area contributed by atoms with Crippen LogP contribution in [0.15, 0.2) is 95.9 Å². The van der Waals surface area contributed by atoms with Crippen molar-refractivity contribution in [3.63, 3.8) is 0 Å². The maximum Gasteiger partial charge on any atom is 0.262 e. The Balaban J connectivity index is 1.21. The van der Waals surface area contributed by atoms with Crippen molar-refractivity contribution < 1.29 is 17.9 Å². The highest BCUT2D eigenvalue weighted by Crippen LogP contribution is 2.29. The molecule has 9 nitrogen and oxygen atoms in total. The SMILES string of the molecule is O=C(NCCN1CCOCC1)c1cc(NS(=O)(=O)c2cccc3ccccc23)ccc1N1CCN(Cc2ccccc2)CC1. The molecule has 1 amide bonds. The molecule has 2 N–H and O–H groups in total. The highest BCUT2D eigenvalue weighted by Gasteiger charge is 2.24. The van der Waals surface area contributed by atoms with Crippen molar-refractivity contribution in [2.75, 3.05) is 75.2 Å². The summed E-state index contributed by atoms with van der Waals surface area (Å²) in [5.74, 6) is -0.216. The second-order valence-corrected chi connectivity index (χ2v) is 12.9. The maximum absolute atomic E-state index is 13.6. The van der Waals surface area contributed by atoms with E-state index in [9.17, 15) is 13.2 Å². The molecule has 230 valence electrons. The molecule has 0 radical (unpaired) electrons. The van der Waals surface area contributed by atoms with Crippen molar-refractivity contribution in [1.82, 2.24) is 15.1 Å². The van der Waals surface area contributed by atoms with Gasteiger partial charge in [0.05, 0.1) is 23.7 Å². The van der Waals surface area contributed by atoms with E-state index < -0.39 is 10.0 Å². The third-order valence-electron chi connectivity index (χ3n) is 8.31. The number of amides is 1. The van der Waals surface area contributed by atoms with E-state index in [4.69, 9.17) is 4.74 Å². The van der Waals surface area contributed by atoms with Crippen LogP contribution in [0.4, 0.5) is 11.4 Å². The summed E-state index contributed by atoms with van der Waals surface area (Å²) in [4.78, 5) is 20.8. The number of nitrogens with zero attached hydrogens (tertiary/aromatic N) is 3. The van der Waals surface area contributed by atoms with E-state index in [0.717, 1.165) is 63.4 Å². The van der Waals surface area contributed by atoms with Gasteiger partial charge in [-0.1, -0.05) is 66.7 Å². The zero-order valence-electron chi connectivity index (χ0n) is 24.8. The first kappa shape index (κ1) is 30.1. The van der Waals surface area contributed by atoms with Crippen molar-refractivity contribution in [2.24, 2.45) is 0 Å². The van der Waals surface area contributed by atoms with E-state index in [1.54, 1.807) is 30.3 Å². The zero-order valence-corrected chi connectivity index (χ0v) is 25.6. The number of nitrogens with one attached hydrogen (secondary N) is 2. The maximum atomic E-state index is 13.6. The normalized spacial score (nSPS) is 16.6. The lowest BCUT2D eigenvalue weighted by Crippen LogP contribution is -2.46. The van der Waals surface area contributed by atoms with Crippen molar-refractivity contribution in [3.05, 3.63) is 102 Å². The Morgan fingerprint density at radius 2 is 1.50 bits per heavy atom. The Morgan fingerprint density at radius 1 is 0.773 bits per heavy atom. The van der Waals surface area contributed by atoms with Crippen molar-refractivity contribution >= 4 is 38.1 Å². The average Bonchev–Trinajstić information content (AvgIpc) is 3.05. The fraction of sp³-hybridized carbons (Fsp3) is 0.324. The molecule has 0 spiro atoms. The van der Waals surface area contributed by atoms with E-state index in [0.29, 0.717) is 36.4 Å². The quantitative estimate of drug-likeness (QED) is 0.279. The first-order valence-corrected chi connectivity index (χ1v) is 16.7. The summed E-state index contributed by atoms with van der Waals surface area (Å²) in [6.45, 7) is 8.47. The second-order valence-electron chi connectivity index (χ2n) is 11.3. The number of ether oxygens (including phenoxy) is 1.